The van der Waals surface area contributed by atoms with Crippen LogP contribution in [0.3, 0.4) is 0 Å². The predicted octanol–water partition coefficient (Wildman–Crippen LogP) is 2.46. The molecule has 1 aromatic heterocycles. The summed E-state index contributed by atoms with van der Waals surface area (Å²) in [5, 5.41) is 3.45. The third-order valence-corrected chi connectivity index (χ3v) is 3.11. The fourth-order valence-corrected chi connectivity index (χ4v) is 1.95. The van der Waals surface area contributed by atoms with Gasteiger partial charge in [-0.3, -0.25) is 4.79 Å². The topological polar surface area (TPSA) is 54.9 Å². The van der Waals surface area contributed by atoms with E-state index in [1.54, 1.807) is 6.92 Å². The van der Waals surface area contributed by atoms with E-state index in [4.69, 9.17) is 11.6 Å². The van der Waals surface area contributed by atoms with Crippen molar-refractivity contribution in [2.75, 3.05) is 5.32 Å². The predicted molar refractivity (Wildman–Crippen MR) is 63.0 cm³/mol. The molecular formula is C11H14ClN3O. The number of nitrogens with zero attached hydrogens (tertiary/aromatic N) is 2. The zero-order chi connectivity index (χ0) is 11.7. The molecule has 16 heavy (non-hydrogen) atoms. The molecule has 0 aliphatic heterocycles. The van der Waals surface area contributed by atoms with Gasteiger partial charge in [-0.05, 0) is 32.6 Å². The van der Waals surface area contributed by atoms with Crippen LogP contribution in [-0.4, -0.2) is 22.3 Å². The molecule has 1 aliphatic rings. The van der Waals surface area contributed by atoms with E-state index in [0.29, 0.717) is 35.5 Å². The minimum absolute atomic E-state index is 0.216. The van der Waals surface area contributed by atoms with E-state index in [9.17, 15) is 4.79 Å². The zero-order valence-corrected chi connectivity index (χ0v) is 10.1. The molecule has 86 valence electrons. The molecular weight excluding hydrogens is 226 g/mol. The summed E-state index contributed by atoms with van der Waals surface area (Å²) < 4.78 is 0. The van der Waals surface area contributed by atoms with Crippen LogP contribution in [0.4, 0.5) is 5.82 Å². The molecule has 1 atom stereocenters. The maximum Gasteiger partial charge on any atom is 0.156 e. The lowest BCUT2D eigenvalue weighted by Crippen LogP contribution is -2.20. The second-order valence-corrected chi connectivity index (χ2v) is 4.57. The number of aldehydes is 1. The summed E-state index contributed by atoms with van der Waals surface area (Å²) in [5.41, 5.74) is 0.347. The third kappa shape index (κ3) is 2.32. The number of rotatable bonds is 4. The average molecular weight is 240 g/mol. The van der Waals surface area contributed by atoms with Crippen LogP contribution in [0.2, 0.25) is 5.15 Å². The average Bonchev–Trinajstić information content (AvgIpc) is 2.99. The van der Waals surface area contributed by atoms with Crippen molar-refractivity contribution in [2.24, 2.45) is 5.92 Å². The van der Waals surface area contributed by atoms with Gasteiger partial charge in [-0.2, -0.15) is 0 Å². The standard InChI is InChI=1S/C11H14ClN3O/c1-6(8-3-4-8)13-11-9(5-16)10(12)14-7(2)15-11/h5-6,8H,3-4H2,1-2H3,(H,13,14,15). The fraction of sp³-hybridized carbons (Fsp3) is 0.545. The number of carbonyl (C=O) groups is 1. The number of anilines is 1. The SMILES string of the molecule is Cc1nc(Cl)c(C=O)c(NC(C)C2CC2)n1. The molecule has 1 N–H and O–H groups in total. The van der Waals surface area contributed by atoms with Crippen molar-refractivity contribution in [2.45, 2.75) is 32.7 Å². The third-order valence-electron chi connectivity index (χ3n) is 2.82. The normalized spacial score (nSPS) is 16.9. The molecule has 1 heterocycles. The van der Waals surface area contributed by atoms with Crippen LogP contribution < -0.4 is 5.32 Å². The number of carbonyl (C=O) groups excluding carboxylic acids is 1. The molecule has 1 fully saturated rings. The highest BCUT2D eigenvalue weighted by molar-refractivity contribution is 6.32. The summed E-state index contributed by atoms with van der Waals surface area (Å²) >= 11 is 5.89. The smallest absolute Gasteiger partial charge is 0.156 e. The van der Waals surface area contributed by atoms with E-state index in [1.807, 2.05) is 0 Å². The van der Waals surface area contributed by atoms with E-state index in [0.717, 1.165) is 0 Å². The molecule has 1 aromatic rings. The molecule has 0 aromatic carbocycles. The minimum atomic E-state index is 0.216. The lowest BCUT2D eigenvalue weighted by atomic mass is 10.2. The Morgan fingerprint density at radius 3 is 2.75 bits per heavy atom. The minimum Gasteiger partial charge on any atom is -0.367 e. The maximum absolute atomic E-state index is 10.9. The Morgan fingerprint density at radius 1 is 1.50 bits per heavy atom. The Morgan fingerprint density at radius 2 is 2.19 bits per heavy atom. The maximum atomic E-state index is 10.9. The Balaban J connectivity index is 2.26. The Bertz CT molecular complexity index is 418. The summed E-state index contributed by atoms with van der Waals surface area (Å²) in [6.45, 7) is 3.85. The molecule has 1 saturated carbocycles. The Kier molecular flexibility index (Phi) is 3.10. The largest absolute Gasteiger partial charge is 0.367 e. The van der Waals surface area contributed by atoms with Gasteiger partial charge in [0.1, 0.15) is 16.8 Å². The van der Waals surface area contributed by atoms with Crippen LogP contribution >= 0.6 is 11.6 Å². The van der Waals surface area contributed by atoms with Gasteiger partial charge >= 0.3 is 0 Å². The molecule has 5 heteroatoms. The first-order chi connectivity index (χ1) is 7.61. The number of aromatic nitrogens is 2. The summed E-state index contributed by atoms with van der Waals surface area (Å²) in [4.78, 5) is 19.1. The Labute approximate surface area is 99.4 Å². The molecule has 2 rings (SSSR count). The van der Waals surface area contributed by atoms with Gasteiger partial charge in [-0.1, -0.05) is 11.6 Å². The fourth-order valence-electron chi connectivity index (χ4n) is 1.69. The van der Waals surface area contributed by atoms with Crippen molar-refractivity contribution in [3.63, 3.8) is 0 Å². The van der Waals surface area contributed by atoms with Crippen molar-refractivity contribution >= 4 is 23.7 Å². The second kappa shape index (κ2) is 4.37. The molecule has 1 unspecified atom stereocenters. The lowest BCUT2D eigenvalue weighted by Gasteiger charge is -2.15. The van der Waals surface area contributed by atoms with Crippen molar-refractivity contribution in [3.05, 3.63) is 16.5 Å². The summed E-state index contributed by atoms with van der Waals surface area (Å²) in [5.74, 6) is 1.81. The van der Waals surface area contributed by atoms with Gasteiger partial charge < -0.3 is 5.32 Å². The molecule has 0 saturated heterocycles. The summed E-state index contributed by atoms with van der Waals surface area (Å²) in [6, 6.07) is 0.323. The zero-order valence-electron chi connectivity index (χ0n) is 9.33. The number of hydrogen-bond acceptors (Lipinski definition) is 4. The number of nitrogens with one attached hydrogen (secondary N) is 1. The summed E-state index contributed by atoms with van der Waals surface area (Å²) in [7, 11) is 0. The van der Waals surface area contributed by atoms with Gasteiger partial charge in [0.25, 0.3) is 0 Å². The highest BCUT2D eigenvalue weighted by atomic mass is 35.5. The first kappa shape index (κ1) is 11.3. The van der Waals surface area contributed by atoms with Gasteiger partial charge in [0, 0.05) is 6.04 Å². The lowest BCUT2D eigenvalue weighted by molar-refractivity contribution is 0.112. The number of aryl methyl sites for hydroxylation is 1. The van der Waals surface area contributed by atoms with Crippen LogP contribution in [0.1, 0.15) is 35.9 Å². The molecule has 0 amide bonds. The van der Waals surface area contributed by atoms with Gasteiger partial charge in [0.05, 0.1) is 5.56 Å². The molecule has 0 spiro atoms. The van der Waals surface area contributed by atoms with Crippen molar-refractivity contribution in [1.82, 2.24) is 9.97 Å². The quantitative estimate of drug-likeness (QED) is 0.648. The molecule has 4 nitrogen and oxygen atoms in total. The van der Waals surface area contributed by atoms with E-state index < -0.39 is 0 Å². The van der Waals surface area contributed by atoms with Crippen LogP contribution in [-0.2, 0) is 0 Å². The van der Waals surface area contributed by atoms with Crippen molar-refractivity contribution in [1.29, 1.82) is 0 Å². The monoisotopic (exact) mass is 239 g/mol. The van der Waals surface area contributed by atoms with Crippen LogP contribution in [0.5, 0.6) is 0 Å². The van der Waals surface area contributed by atoms with E-state index in [1.165, 1.54) is 12.8 Å². The second-order valence-electron chi connectivity index (χ2n) is 4.21. The van der Waals surface area contributed by atoms with Gasteiger partial charge in [-0.25, -0.2) is 9.97 Å². The number of halogens is 1. The first-order valence-electron chi connectivity index (χ1n) is 5.37. The van der Waals surface area contributed by atoms with Gasteiger partial charge in [0.15, 0.2) is 6.29 Å². The number of hydrogen-bond donors (Lipinski definition) is 1. The van der Waals surface area contributed by atoms with Crippen LogP contribution in [0, 0.1) is 12.8 Å². The first-order valence-corrected chi connectivity index (χ1v) is 5.75. The molecule has 0 radical (unpaired) electrons. The molecule has 0 bridgehead atoms. The summed E-state index contributed by atoms with van der Waals surface area (Å²) in [6.07, 6.45) is 3.18. The van der Waals surface area contributed by atoms with Crippen LogP contribution in [0.15, 0.2) is 0 Å². The molecule has 1 aliphatic carbocycles. The highest BCUT2D eigenvalue weighted by Gasteiger charge is 2.28. The van der Waals surface area contributed by atoms with Crippen LogP contribution in [0.25, 0.3) is 0 Å². The van der Waals surface area contributed by atoms with E-state index in [2.05, 4.69) is 22.2 Å². The van der Waals surface area contributed by atoms with Crippen molar-refractivity contribution in [3.8, 4) is 0 Å². The van der Waals surface area contributed by atoms with Gasteiger partial charge in [0.2, 0.25) is 0 Å². The van der Waals surface area contributed by atoms with E-state index in [-0.39, 0.29) is 5.15 Å². The highest BCUT2D eigenvalue weighted by Crippen LogP contribution is 2.34. The van der Waals surface area contributed by atoms with Crippen molar-refractivity contribution < 1.29 is 4.79 Å². The van der Waals surface area contributed by atoms with E-state index >= 15 is 0 Å². The van der Waals surface area contributed by atoms with Gasteiger partial charge in [-0.15, -0.1) is 0 Å². The Hall–Kier alpha value is -1.16.